The van der Waals surface area contributed by atoms with Gasteiger partial charge in [0.2, 0.25) is 0 Å². The zero-order valence-electron chi connectivity index (χ0n) is 13.2. The Balaban J connectivity index is 1.88. The van der Waals surface area contributed by atoms with Crippen LogP contribution in [0.25, 0.3) is 21.8 Å². The molecule has 0 radical (unpaired) electrons. The number of benzene rings is 2. The summed E-state index contributed by atoms with van der Waals surface area (Å²) in [5.41, 5.74) is 1.96. The Labute approximate surface area is 138 Å². The third-order valence-corrected chi connectivity index (χ3v) is 4.30. The van der Waals surface area contributed by atoms with Crippen molar-refractivity contribution in [2.75, 3.05) is 4.90 Å². The van der Waals surface area contributed by atoms with Gasteiger partial charge in [0.05, 0.1) is 0 Å². The van der Waals surface area contributed by atoms with Crippen molar-refractivity contribution in [1.29, 1.82) is 0 Å². The maximum absolute atomic E-state index is 11.6. The van der Waals surface area contributed by atoms with Crippen molar-refractivity contribution in [1.82, 2.24) is 9.97 Å². The van der Waals surface area contributed by atoms with Crippen LogP contribution < -0.4 is 4.90 Å². The number of carbonyl (C=O) groups is 1. The first-order valence-electron chi connectivity index (χ1n) is 7.81. The molecule has 4 aromatic rings. The molecule has 0 aliphatic rings. The van der Waals surface area contributed by atoms with Crippen LogP contribution in [0, 0.1) is 0 Å². The molecule has 120 valence electrons. The summed E-state index contributed by atoms with van der Waals surface area (Å²) in [6, 6.07) is 19.0. The Morgan fingerprint density at radius 2 is 1.38 bits per heavy atom. The fraction of sp³-hybridized carbons (Fsp3) is 0.105. The SMILES string of the molecule is C[C@@H](C(=O)O)N(c1cc2ccccc2[nH]1)c1cc2ccccc2[nH]1. The number of H-pyrrole nitrogens is 2. The van der Waals surface area contributed by atoms with Gasteiger partial charge >= 0.3 is 5.97 Å². The van der Waals surface area contributed by atoms with E-state index in [1.54, 1.807) is 11.8 Å². The molecule has 0 spiro atoms. The predicted octanol–water partition coefficient (Wildman–Crippen LogP) is 4.26. The first-order chi connectivity index (χ1) is 11.6. The molecule has 0 bridgehead atoms. The van der Waals surface area contributed by atoms with E-state index < -0.39 is 12.0 Å². The molecule has 3 N–H and O–H groups in total. The highest BCUT2D eigenvalue weighted by Crippen LogP contribution is 2.32. The molecule has 0 saturated carbocycles. The van der Waals surface area contributed by atoms with Gasteiger partial charge in [0.25, 0.3) is 0 Å². The number of hydrogen-bond donors (Lipinski definition) is 3. The lowest BCUT2D eigenvalue weighted by molar-refractivity contribution is -0.138. The van der Waals surface area contributed by atoms with E-state index in [0.717, 1.165) is 33.4 Å². The average Bonchev–Trinajstić information content (AvgIpc) is 3.18. The molecule has 4 rings (SSSR count). The van der Waals surface area contributed by atoms with Gasteiger partial charge in [0.1, 0.15) is 17.7 Å². The number of nitrogens with zero attached hydrogens (tertiary/aromatic N) is 1. The number of fused-ring (bicyclic) bond motifs is 2. The fourth-order valence-corrected chi connectivity index (χ4v) is 3.03. The van der Waals surface area contributed by atoms with Crippen molar-refractivity contribution in [2.45, 2.75) is 13.0 Å². The topological polar surface area (TPSA) is 72.1 Å². The Kier molecular flexibility index (Phi) is 3.27. The third-order valence-electron chi connectivity index (χ3n) is 4.30. The molecule has 0 amide bonds. The van der Waals surface area contributed by atoms with Gasteiger partial charge in [-0.15, -0.1) is 0 Å². The van der Waals surface area contributed by atoms with E-state index >= 15 is 0 Å². The molecule has 2 aromatic carbocycles. The lowest BCUT2D eigenvalue weighted by atomic mass is 10.2. The Hall–Kier alpha value is -3.21. The Morgan fingerprint density at radius 1 is 0.917 bits per heavy atom. The average molecular weight is 319 g/mol. The minimum atomic E-state index is -0.882. The van der Waals surface area contributed by atoms with Crippen molar-refractivity contribution in [3.8, 4) is 0 Å². The minimum absolute atomic E-state index is 0.717. The molecular formula is C19H17N3O2. The van der Waals surface area contributed by atoms with Crippen molar-refractivity contribution in [3.63, 3.8) is 0 Å². The van der Waals surface area contributed by atoms with Crippen LogP contribution in [0.2, 0.25) is 0 Å². The molecule has 2 aromatic heterocycles. The van der Waals surface area contributed by atoms with Gasteiger partial charge in [0, 0.05) is 21.8 Å². The molecule has 0 saturated heterocycles. The highest BCUT2D eigenvalue weighted by Gasteiger charge is 2.25. The fourth-order valence-electron chi connectivity index (χ4n) is 3.03. The number of aromatic nitrogens is 2. The summed E-state index contributed by atoms with van der Waals surface area (Å²) in [4.78, 5) is 20.1. The zero-order valence-corrected chi connectivity index (χ0v) is 13.2. The first-order valence-corrected chi connectivity index (χ1v) is 7.81. The second-order valence-corrected chi connectivity index (χ2v) is 5.87. The number of aliphatic carboxylic acids is 1. The first kappa shape index (κ1) is 14.4. The monoisotopic (exact) mass is 319 g/mol. The van der Waals surface area contributed by atoms with E-state index in [2.05, 4.69) is 9.97 Å². The molecule has 0 aliphatic heterocycles. The number of para-hydroxylation sites is 2. The van der Waals surface area contributed by atoms with Crippen LogP contribution in [0.5, 0.6) is 0 Å². The van der Waals surface area contributed by atoms with Crippen LogP contribution in [-0.2, 0) is 4.79 Å². The third kappa shape index (κ3) is 2.31. The maximum atomic E-state index is 11.6. The summed E-state index contributed by atoms with van der Waals surface area (Å²) < 4.78 is 0. The van der Waals surface area contributed by atoms with Crippen LogP contribution in [0.4, 0.5) is 11.6 Å². The van der Waals surface area contributed by atoms with Gasteiger partial charge in [-0.1, -0.05) is 36.4 Å². The molecule has 24 heavy (non-hydrogen) atoms. The Bertz CT molecular complexity index is 891. The van der Waals surface area contributed by atoms with Gasteiger partial charge in [-0.2, -0.15) is 0 Å². The summed E-state index contributed by atoms with van der Waals surface area (Å²) in [6.07, 6.45) is 0. The number of aromatic amines is 2. The van der Waals surface area contributed by atoms with Gasteiger partial charge in [0.15, 0.2) is 0 Å². The van der Waals surface area contributed by atoms with Crippen molar-refractivity contribution >= 4 is 39.4 Å². The van der Waals surface area contributed by atoms with E-state index in [9.17, 15) is 9.90 Å². The predicted molar refractivity (Wildman–Crippen MR) is 95.8 cm³/mol. The van der Waals surface area contributed by atoms with Crippen molar-refractivity contribution < 1.29 is 9.90 Å². The minimum Gasteiger partial charge on any atom is -0.480 e. The van der Waals surface area contributed by atoms with Crippen LogP contribution in [0.15, 0.2) is 60.7 Å². The molecule has 5 heteroatoms. The van der Waals surface area contributed by atoms with Crippen molar-refractivity contribution in [2.24, 2.45) is 0 Å². The van der Waals surface area contributed by atoms with Crippen LogP contribution >= 0.6 is 0 Å². The zero-order chi connectivity index (χ0) is 16.7. The highest BCUT2D eigenvalue weighted by molar-refractivity contribution is 5.91. The summed E-state index contributed by atoms with van der Waals surface area (Å²) in [6.45, 7) is 1.68. The second kappa shape index (κ2) is 5.45. The van der Waals surface area contributed by atoms with Crippen LogP contribution in [-0.4, -0.2) is 27.1 Å². The normalized spacial score (nSPS) is 12.5. The number of carboxylic acid groups (broad SMARTS) is 1. The van der Waals surface area contributed by atoms with E-state index in [4.69, 9.17) is 0 Å². The summed E-state index contributed by atoms with van der Waals surface area (Å²) in [5, 5.41) is 11.7. The summed E-state index contributed by atoms with van der Waals surface area (Å²) in [5.74, 6) is 0.614. The molecule has 0 unspecified atom stereocenters. The molecule has 0 aliphatic carbocycles. The molecule has 0 fully saturated rings. The number of anilines is 2. The largest absolute Gasteiger partial charge is 0.480 e. The number of rotatable bonds is 4. The van der Waals surface area contributed by atoms with Gasteiger partial charge in [-0.05, 0) is 31.2 Å². The Morgan fingerprint density at radius 3 is 1.79 bits per heavy atom. The maximum Gasteiger partial charge on any atom is 0.326 e. The smallest absolute Gasteiger partial charge is 0.326 e. The molecular weight excluding hydrogens is 302 g/mol. The number of hydrogen-bond acceptors (Lipinski definition) is 2. The van der Waals surface area contributed by atoms with Crippen LogP contribution in [0.1, 0.15) is 6.92 Å². The van der Waals surface area contributed by atoms with E-state index in [0.29, 0.717) is 0 Å². The van der Waals surface area contributed by atoms with E-state index in [-0.39, 0.29) is 0 Å². The van der Waals surface area contributed by atoms with E-state index in [1.807, 2.05) is 60.7 Å². The van der Waals surface area contributed by atoms with Gasteiger partial charge in [-0.25, -0.2) is 4.79 Å². The quantitative estimate of drug-likeness (QED) is 0.526. The summed E-state index contributed by atoms with van der Waals surface area (Å²) >= 11 is 0. The lowest BCUT2D eigenvalue weighted by Crippen LogP contribution is -2.35. The molecule has 5 nitrogen and oxygen atoms in total. The van der Waals surface area contributed by atoms with Crippen molar-refractivity contribution in [3.05, 3.63) is 60.7 Å². The second-order valence-electron chi connectivity index (χ2n) is 5.87. The highest BCUT2D eigenvalue weighted by atomic mass is 16.4. The van der Waals surface area contributed by atoms with Crippen LogP contribution in [0.3, 0.4) is 0 Å². The summed E-state index contributed by atoms with van der Waals surface area (Å²) in [7, 11) is 0. The molecule has 1 atom stereocenters. The van der Waals surface area contributed by atoms with Gasteiger partial charge < -0.3 is 15.1 Å². The van der Waals surface area contributed by atoms with E-state index in [1.165, 1.54) is 0 Å². The number of carboxylic acids is 1. The lowest BCUT2D eigenvalue weighted by Gasteiger charge is -2.25. The number of nitrogens with one attached hydrogen (secondary N) is 2. The van der Waals surface area contributed by atoms with Gasteiger partial charge in [-0.3, -0.25) is 4.90 Å². The standard InChI is InChI=1S/C19H17N3O2/c1-12(19(23)24)22(17-10-13-6-2-4-8-15(13)20-17)18-11-14-7-3-5-9-16(14)21-18/h2-12,20-21H,1H3,(H,23,24)/t12-/m0/s1. The molecule has 2 heterocycles.